The van der Waals surface area contributed by atoms with E-state index < -0.39 is 11.9 Å². The monoisotopic (exact) mass is 637 g/mol. The molecule has 231 valence electrons. The molecule has 12 heteroatoms. The number of rotatable bonds is 11. The number of aliphatic hydroxyl groups is 1. The molecule has 3 heterocycles. The van der Waals surface area contributed by atoms with Crippen LogP contribution in [0.5, 0.6) is 0 Å². The summed E-state index contributed by atoms with van der Waals surface area (Å²) in [5.41, 5.74) is 5.26. The Labute approximate surface area is 303 Å². The molecule has 1 unspecified atom stereocenters. The first-order chi connectivity index (χ1) is 21.5. The van der Waals surface area contributed by atoms with Crippen molar-refractivity contribution in [2.24, 2.45) is 0 Å². The quantitative estimate of drug-likeness (QED) is 0.204. The van der Waals surface area contributed by atoms with Gasteiger partial charge in [-0.2, -0.15) is 10.1 Å². The fraction of sp³-hybridized carbons (Fsp3) is 0.424. The van der Waals surface area contributed by atoms with Crippen LogP contribution in [0.25, 0.3) is 28.3 Å². The number of hydrogen-bond donors (Lipinski definition) is 2. The summed E-state index contributed by atoms with van der Waals surface area (Å²) >= 11 is 0. The van der Waals surface area contributed by atoms with Gasteiger partial charge in [-0.3, -0.25) is 18.9 Å². The summed E-state index contributed by atoms with van der Waals surface area (Å²) in [6.45, 7) is 4.39. The van der Waals surface area contributed by atoms with Crippen LogP contribution in [0.15, 0.2) is 69.0 Å². The van der Waals surface area contributed by atoms with Crippen molar-refractivity contribution in [1.82, 2.24) is 29.3 Å². The molecule has 1 fully saturated rings. The van der Waals surface area contributed by atoms with Gasteiger partial charge in [-0.05, 0) is 55.2 Å². The van der Waals surface area contributed by atoms with E-state index in [1.165, 1.54) is 6.33 Å². The molecule has 1 saturated carbocycles. The Morgan fingerprint density at radius 2 is 1.78 bits per heavy atom. The number of ether oxygens (including phenoxy) is 1. The van der Waals surface area contributed by atoms with Crippen LogP contribution in [-0.4, -0.2) is 105 Å². The number of aromatic nitrogens is 6. The van der Waals surface area contributed by atoms with E-state index in [1.54, 1.807) is 0 Å². The summed E-state index contributed by atoms with van der Waals surface area (Å²) in [5, 5.41) is 18.3. The molecule has 0 aliphatic heterocycles. The van der Waals surface area contributed by atoms with E-state index >= 15 is 0 Å². The molecule has 2 aromatic carbocycles. The van der Waals surface area contributed by atoms with Crippen molar-refractivity contribution in [2.45, 2.75) is 83.5 Å². The van der Waals surface area contributed by atoms with Crippen molar-refractivity contribution in [3.05, 3.63) is 92.6 Å². The van der Waals surface area contributed by atoms with Gasteiger partial charge in [0, 0.05) is 75.0 Å². The van der Waals surface area contributed by atoms with E-state index in [-0.39, 0.29) is 69.1 Å². The van der Waals surface area contributed by atoms with Crippen LogP contribution in [-0.2, 0) is 17.6 Å². The average Bonchev–Trinajstić information content (AvgIpc) is 3.72. The Bertz CT molecular complexity index is 1830. The first kappa shape index (κ1) is 33.6. The molecular formula is C33H38KN6O5. The summed E-state index contributed by atoms with van der Waals surface area (Å²) in [6, 6.07) is 15.8. The van der Waals surface area contributed by atoms with Gasteiger partial charge in [0.15, 0.2) is 5.82 Å². The Kier molecular flexibility index (Phi) is 11.4. The van der Waals surface area contributed by atoms with E-state index in [0.29, 0.717) is 37.5 Å². The van der Waals surface area contributed by atoms with Gasteiger partial charge in [0.05, 0.1) is 24.5 Å². The maximum atomic E-state index is 14.3. The van der Waals surface area contributed by atoms with Gasteiger partial charge in [-0.1, -0.05) is 74.0 Å². The minimum absolute atomic E-state index is 0. The molecule has 3 aromatic heterocycles. The van der Waals surface area contributed by atoms with Crippen molar-refractivity contribution in [1.29, 1.82) is 0 Å². The second-order valence-electron chi connectivity index (χ2n) is 11.5. The molecular weight excluding hydrogens is 599 g/mol. The van der Waals surface area contributed by atoms with E-state index in [0.717, 1.165) is 65.6 Å². The number of H-pyrrole nitrogens is 1. The van der Waals surface area contributed by atoms with Crippen molar-refractivity contribution < 1.29 is 14.4 Å². The predicted octanol–water partition coefficient (Wildman–Crippen LogP) is 4.34. The normalized spacial score (nSPS) is 17.3. The van der Waals surface area contributed by atoms with Gasteiger partial charge in [-0.25, -0.2) is 9.31 Å². The minimum Gasteiger partial charge on any atom is -0.391 e. The van der Waals surface area contributed by atoms with E-state index in [4.69, 9.17) is 9.26 Å². The van der Waals surface area contributed by atoms with E-state index in [1.807, 2.05) is 64.5 Å². The average molecular weight is 638 g/mol. The number of aliphatic hydroxyl groups excluding tert-OH is 1. The first-order valence-corrected chi connectivity index (χ1v) is 15.5. The minimum atomic E-state index is -0.601. The molecule has 1 aliphatic carbocycles. The van der Waals surface area contributed by atoms with Gasteiger partial charge in [0.1, 0.15) is 6.33 Å². The Morgan fingerprint density at radius 3 is 2.44 bits per heavy atom. The summed E-state index contributed by atoms with van der Waals surface area (Å²) in [7, 11) is 0. The van der Waals surface area contributed by atoms with Crippen molar-refractivity contribution >= 4 is 57.2 Å². The Balaban J connectivity index is 0.00000400. The molecule has 11 nitrogen and oxygen atoms in total. The summed E-state index contributed by atoms with van der Waals surface area (Å²) in [5.74, 6) is 0.363. The zero-order valence-electron chi connectivity index (χ0n) is 26.1. The standard InChI is InChI=1S/C33H38N6O5.K/c1-3-7-29-28(18-21-10-12-22(13-11-21)26-8-5-6-9-27(26)30-36-33(42)44-37-30)31(41)38(32-34-20-35-39(29)32)23-14-16-25(17-15-23)43-19-24(40)4-2;/h5-6,8-13,20,23-25,40H,3-4,7,14-19H2,1-2H3,(H,36,37,42);. The number of hydrogen-bond acceptors (Lipinski definition) is 8. The van der Waals surface area contributed by atoms with Crippen molar-refractivity contribution in [3.8, 4) is 22.5 Å². The third-order valence-corrected chi connectivity index (χ3v) is 8.59. The largest absolute Gasteiger partial charge is 0.439 e. The van der Waals surface area contributed by atoms with Crippen LogP contribution >= 0.6 is 0 Å². The number of aromatic amines is 1. The molecule has 45 heavy (non-hydrogen) atoms. The van der Waals surface area contributed by atoms with Crippen LogP contribution in [0.3, 0.4) is 0 Å². The van der Waals surface area contributed by atoms with Gasteiger partial charge in [0.25, 0.3) is 5.56 Å². The fourth-order valence-electron chi connectivity index (χ4n) is 6.21. The third-order valence-electron chi connectivity index (χ3n) is 8.59. The van der Waals surface area contributed by atoms with Crippen molar-refractivity contribution in [2.75, 3.05) is 6.61 Å². The topological polar surface area (TPSA) is 141 Å². The van der Waals surface area contributed by atoms with E-state index in [9.17, 15) is 14.7 Å². The number of nitrogens with zero attached hydrogens (tertiary/aromatic N) is 5. The van der Waals surface area contributed by atoms with Crippen LogP contribution in [0.2, 0.25) is 0 Å². The molecule has 1 atom stereocenters. The SMILES string of the molecule is CCCc1c(Cc2ccc(-c3ccccc3-c3noc(=O)[nH]3)cc2)c(=O)n(C2CCC(OCC(O)CC)CC2)c2ncnn12.[K]. The first-order valence-electron chi connectivity index (χ1n) is 15.5. The van der Waals surface area contributed by atoms with Gasteiger partial charge >= 0.3 is 5.76 Å². The molecule has 2 N–H and O–H groups in total. The zero-order chi connectivity index (χ0) is 30.6. The zero-order valence-corrected chi connectivity index (χ0v) is 29.2. The smallest absolute Gasteiger partial charge is 0.391 e. The van der Waals surface area contributed by atoms with Crippen LogP contribution in [0, 0.1) is 0 Å². The van der Waals surface area contributed by atoms with Crippen LogP contribution < -0.4 is 11.3 Å². The summed E-state index contributed by atoms with van der Waals surface area (Å²) in [4.78, 5) is 33.0. The fourth-order valence-corrected chi connectivity index (χ4v) is 6.21. The molecule has 1 radical (unpaired) electrons. The maximum absolute atomic E-state index is 14.3. The second kappa shape index (κ2) is 15.3. The Hall–Kier alpha value is -2.71. The third kappa shape index (κ3) is 7.32. The van der Waals surface area contributed by atoms with Crippen LogP contribution in [0.1, 0.15) is 75.2 Å². The molecule has 6 rings (SSSR count). The molecule has 0 bridgehead atoms. The maximum Gasteiger partial charge on any atom is 0.439 e. The number of fused-ring (bicyclic) bond motifs is 1. The van der Waals surface area contributed by atoms with Gasteiger partial charge in [-0.15, -0.1) is 0 Å². The van der Waals surface area contributed by atoms with Gasteiger partial charge < -0.3 is 9.84 Å². The number of aryl methyl sites for hydroxylation is 1. The Morgan fingerprint density at radius 1 is 1.04 bits per heavy atom. The molecule has 0 amide bonds. The van der Waals surface area contributed by atoms with E-state index in [2.05, 4.69) is 27.1 Å². The van der Waals surface area contributed by atoms with Crippen LogP contribution in [0.4, 0.5) is 0 Å². The predicted molar refractivity (Wildman–Crippen MR) is 171 cm³/mol. The molecule has 1 aliphatic rings. The molecule has 0 spiro atoms. The number of nitrogens with one attached hydrogen (secondary N) is 1. The number of benzene rings is 2. The van der Waals surface area contributed by atoms with Crippen molar-refractivity contribution in [3.63, 3.8) is 0 Å². The second-order valence-corrected chi connectivity index (χ2v) is 11.5. The molecule has 0 saturated heterocycles. The molecule has 5 aromatic rings. The van der Waals surface area contributed by atoms with Gasteiger partial charge in [0.2, 0.25) is 5.78 Å². The summed E-state index contributed by atoms with van der Waals surface area (Å²) < 4.78 is 14.4. The summed E-state index contributed by atoms with van der Waals surface area (Å²) in [6.07, 6.45) is 7.15.